The van der Waals surface area contributed by atoms with Gasteiger partial charge in [-0.15, -0.1) is 0 Å². The van der Waals surface area contributed by atoms with Gasteiger partial charge in [0.2, 0.25) is 0 Å². The van der Waals surface area contributed by atoms with Crippen LogP contribution in [0.5, 0.6) is 0 Å². The number of carbonyl (C=O) groups excluding carboxylic acids is 3. The van der Waals surface area contributed by atoms with E-state index in [-0.39, 0.29) is 17.0 Å². The van der Waals surface area contributed by atoms with Gasteiger partial charge in [0.05, 0.1) is 6.26 Å². The van der Waals surface area contributed by atoms with Crippen molar-refractivity contribution in [2.45, 2.75) is 64.5 Å². The summed E-state index contributed by atoms with van der Waals surface area (Å²) in [5, 5.41) is 2.54. The van der Waals surface area contributed by atoms with Crippen LogP contribution in [-0.4, -0.2) is 29.8 Å². The summed E-state index contributed by atoms with van der Waals surface area (Å²) in [6.07, 6.45) is 7.24. The highest BCUT2D eigenvalue weighted by atomic mass is 16.5. The minimum atomic E-state index is -0.853. The van der Waals surface area contributed by atoms with E-state index in [0.29, 0.717) is 17.8 Å². The molecule has 4 fully saturated rings. The second-order valence-corrected chi connectivity index (χ2v) is 8.81. The topological polar surface area (TPSA) is 85.6 Å². The number of amides is 1. The van der Waals surface area contributed by atoms with E-state index in [1.165, 1.54) is 31.6 Å². The zero-order valence-corrected chi connectivity index (χ0v) is 15.9. The van der Waals surface area contributed by atoms with Gasteiger partial charge >= 0.3 is 5.97 Å². The first kappa shape index (κ1) is 18.3. The number of rotatable bonds is 6. The summed E-state index contributed by atoms with van der Waals surface area (Å²) in [5.74, 6) is 1.11. The molecule has 4 aliphatic rings. The number of hydrogen-bond acceptors (Lipinski definition) is 5. The highest BCUT2D eigenvalue weighted by Crippen LogP contribution is 2.60. The average molecular weight is 373 g/mol. The number of hydrogen-bond donors (Lipinski definition) is 1. The number of esters is 1. The van der Waals surface area contributed by atoms with E-state index >= 15 is 0 Å². The van der Waals surface area contributed by atoms with Gasteiger partial charge in [-0.3, -0.25) is 9.59 Å². The number of carbonyl (C=O) groups is 3. The summed E-state index contributed by atoms with van der Waals surface area (Å²) in [6.45, 7) is 3.21. The zero-order valence-electron chi connectivity index (χ0n) is 15.9. The Morgan fingerprint density at radius 3 is 2.22 bits per heavy atom. The number of Topliss-reactive ketones (excluding diaryl/α,β-unsaturated/α-hetero) is 1. The Morgan fingerprint density at radius 2 is 1.70 bits per heavy atom. The van der Waals surface area contributed by atoms with E-state index in [1.54, 1.807) is 19.9 Å². The quantitative estimate of drug-likeness (QED) is 0.775. The van der Waals surface area contributed by atoms with Crippen molar-refractivity contribution < 1.29 is 23.5 Å². The van der Waals surface area contributed by atoms with Crippen LogP contribution in [-0.2, 0) is 14.3 Å². The maximum atomic E-state index is 13.2. The van der Waals surface area contributed by atoms with Gasteiger partial charge in [-0.1, -0.05) is 0 Å². The third-order valence-electron chi connectivity index (χ3n) is 6.67. The lowest BCUT2D eigenvalue weighted by Crippen LogP contribution is -2.53. The molecule has 4 saturated carbocycles. The molecule has 0 unspecified atom stereocenters. The van der Waals surface area contributed by atoms with Crippen molar-refractivity contribution in [3.05, 3.63) is 24.2 Å². The van der Waals surface area contributed by atoms with E-state index in [2.05, 4.69) is 5.32 Å². The molecule has 6 heteroatoms. The van der Waals surface area contributed by atoms with Gasteiger partial charge in [0.15, 0.2) is 17.6 Å². The monoisotopic (exact) mass is 373 g/mol. The van der Waals surface area contributed by atoms with Crippen LogP contribution in [0.15, 0.2) is 22.8 Å². The largest absolute Gasteiger partial charge is 0.459 e. The molecule has 2 atom stereocenters. The van der Waals surface area contributed by atoms with Crippen molar-refractivity contribution in [3.63, 3.8) is 0 Å². The fourth-order valence-corrected chi connectivity index (χ4v) is 5.91. The third-order valence-corrected chi connectivity index (χ3v) is 6.67. The summed E-state index contributed by atoms with van der Waals surface area (Å²) in [5.41, 5.74) is -0.297. The first-order valence-electron chi connectivity index (χ1n) is 9.95. The van der Waals surface area contributed by atoms with Crippen LogP contribution in [0.4, 0.5) is 0 Å². The molecule has 4 aliphatic carbocycles. The first-order chi connectivity index (χ1) is 12.9. The molecule has 0 aliphatic heterocycles. The number of ketones is 1. The molecule has 1 aromatic rings. The SMILES string of the molecule is C[C@H](NC(=O)c1ccco1)C(=O)O[C@@H](C)C(=O)C12CC3CC(CC(C3)C1)C2. The van der Waals surface area contributed by atoms with Crippen LogP contribution in [0, 0.1) is 23.2 Å². The van der Waals surface area contributed by atoms with Crippen molar-refractivity contribution in [1.29, 1.82) is 0 Å². The Morgan fingerprint density at radius 1 is 1.11 bits per heavy atom. The van der Waals surface area contributed by atoms with Crippen LogP contribution in [0.25, 0.3) is 0 Å². The standard InChI is InChI=1S/C21H27NO5/c1-12(22-19(24)17-4-3-5-26-17)20(25)27-13(2)18(23)21-9-14-6-15(10-21)8-16(7-14)11-21/h3-5,12-16H,6-11H2,1-2H3,(H,22,24)/t12-,13-,14?,15?,16?,21?/m0/s1. The van der Waals surface area contributed by atoms with Crippen LogP contribution in [0.1, 0.15) is 62.9 Å². The fraction of sp³-hybridized carbons (Fsp3) is 0.667. The van der Waals surface area contributed by atoms with Gasteiger partial charge in [0.25, 0.3) is 5.91 Å². The van der Waals surface area contributed by atoms with Gasteiger partial charge < -0.3 is 14.5 Å². The summed E-state index contributed by atoms with van der Waals surface area (Å²) < 4.78 is 10.5. The van der Waals surface area contributed by atoms with Crippen molar-refractivity contribution >= 4 is 17.7 Å². The van der Waals surface area contributed by atoms with Crippen LogP contribution in [0.2, 0.25) is 0 Å². The lowest BCUT2D eigenvalue weighted by molar-refractivity contribution is -0.165. The summed E-state index contributed by atoms with van der Waals surface area (Å²) >= 11 is 0. The predicted molar refractivity (Wildman–Crippen MR) is 96.8 cm³/mol. The van der Waals surface area contributed by atoms with E-state index in [4.69, 9.17) is 9.15 Å². The molecule has 0 spiro atoms. The van der Waals surface area contributed by atoms with Crippen molar-refractivity contribution in [2.75, 3.05) is 0 Å². The van der Waals surface area contributed by atoms with E-state index in [9.17, 15) is 14.4 Å². The summed E-state index contributed by atoms with van der Waals surface area (Å²) in [7, 11) is 0. The maximum absolute atomic E-state index is 13.2. The van der Waals surface area contributed by atoms with Crippen molar-refractivity contribution in [2.24, 2.45) is 23.2 Å². The lowest BCUT2D eigenvalue weighted by Gasteiger charge is -2.56. The zero-order chi connectivity index (χ0) is 19.2. The predicted octanol–water partition coefficient (Wildman–Crippen LogP) is 3.12. The van der Waals surface area contributed by atoms with E-state index in [1.807, 2.05) is 0 Å². The van der Waals surface area contributed by atoms with E-state index in [0.717, 1.165) is 19.3 Å². The molecule has 1 heterocycles. The summed E-state index contributed by atoms with van der Waals surface area (Å²) in [4.78, 5) is 37.5. The maximum Gasteiger partial charge on any atom is 0.329 e. The Bertz CT molecular complexity index is 702. The third kappa shape index (κ3) is 3.42. The van der Waals surface area contributed by atoms with E-state index < -0.39 is 24.0 Å². The highest BCUT2D eigenvalue weighted by molar-refractivity contribution is 5.95. The Labute approximate surface area is 159 Å². The van der Waals surface area contributed by atoms with Crippen LogP contribution < -0.4 is 5.32 Å². The summed E-state index contributed by atoms with van der Waals surface area (Å²) in [6, 6.07) is 2.27. The smallest absolute Gasteiger partial charge is 0.329 e. The van der Waals surface area contributed by atoms with Gasteiger partial charge in [-0.2, -0.15) is 0 Å². The minimum absolute atomic E-state index is 0.0690. The molecule has 1 N–H and O–H groups in total. The molecular weight excluding hydrogens is 346 g/mol. The molecule has 1 amide bonds. The van der Waals surface area contributed by atoms with Crippen LogP contribution in [0.3, 0.4) is 0 Å². The second kappa shape index (κ2) is 6.80. The minimum Gasteiger partial charge on any atom is -0.459 e. The lowest BCUT2D eigenvalue weighted by atomic mass is 9.48. The van der Waals surface area contributed by atoms with Crippen LogP contribution >= 0.6 is 0 Å². The highest BCUT2D eigenvalue weighted by Gasteiger charge is 2.55. The molecule has 146 valence electrons. The molecule has 0 saturated heterocycles. The van der Waals surface area contributed by atoms with Crippen molar-refractivity contribution in [1.82, 2.24) is 5.32 Å². The second-order valence-electron chi connectivity index (χ2n) is 8.81. The number of furan rings is 1. The van der Waals surface area contributed by atoms with Crippen molar-refractivity contribution in [3.8, 4) is 0 Å². The Kier molecular flexibility index (Phi) is 4.60. The molecule has 6 nitrogen and oxygen atoms in total. The molecule has 0 radical (unpaired) electrons. The normalized spacial score (nSPS) is 33.3. The Hall–Kier alpha value is -2.11. The fourth-order valence-electron chi connectivity index (χ4n) is 5.91. The van der Waals surface area contributed by atoms with Gasteiger partial charge in [-0.25, -0.2) is 4.79 Å². The van der Waals surface area contributed by atoms with Gasteiger partial charge in [0, 0.05) is 5.41 Å². The first-order valence-corrected chi connectivity index (χ1v) is 9.95. The molecule has 0 aromatic carbocycles. The van der Waals surface area contributed by atoms with Gasteiger partial charge in [-0.05, 0) is 82.3 Å². The Balaban J connectivity index is 1.35. The number of ether oxygens (including phenoxy) is 1. The molecule has 1 aromatic heterocycles. The average Bonchev–Trinajstić information content (AvgIpc) is 3.14. The van der Waals surface area contributed by atoms with Gasteiger partial charge in [0.1, 0.15) is 6.04 Å². The number of nitrogens with one attached hydrogen (secondary N) is 1. The molecular formula is C21H27NO5. The molecule has 4 bridgehead atoms. The molecule has 27 heavy (non-hydrogen) atoms. The molecule has 5 rings (SSSR count).